The molecule has 2 aromatic carbocycles. The zero-order valence-corrected chi connectivity index (χ0v) is 16.0. The molecule has 4 rings (SSSR count). The summed E-state index contributed by atoms with van der Waals surface area (Å²) in [6.07, 6.45) is 0. The number of amides is 2. The summed E-state index contributed by atoms with van der Waals surface area (Å²) in [7, 11) is 0. The number of hydrogen-bond donors (Lipinski definition) is 0. The maximum atomic E-state index is 13.8. The Labute approximate surface area is 166 Å². The van der Waals surface area contributed by atoms with Crippen LogP contribution in [-0.2, 0) is 4.79 Å². The van der Waals surface area contributed by atoms with Gasteiger partial charge in [-0.3, -0.25) is 9.59 Å². The van der Waals surface area contributed by atoms with Crippen LogP contribution in [0, 0.1) is 23.5 Å². The summed E-state index contributed by atoms with van der Waals surface area (Å²) in [6.45, 7) is 2.86. The van der Waals surface area contributed by atoms with Crippen LogP contribution in [0.15, 0.2) is 42.5 Å². The Morgan fingerprint density at radius 3 is 2.50 bits per heavy atom. The molecule has 0 aromatic heterocycles. The van der Waals surface area contributed by atoms with Crippen LogP contribution in [-0.4, -0.2) is 41.2 Å². The highest BCUT2D eigenvalue weighted by Crippen LogP contribution is 2.45. The van der Waals surface area contributed by atoms with Gasteiger partial charge in [0.2, 0.25) is 5.91 Å². The van der Waals surface area contributed by atoms with Crippen LogP contribution >= 0.6 is 11.6 Å². The van der Waals surface area contributed by atoms with Gasteiger partial charge in [0.15, 0.2) is 0 Å². The summed E-state index contributed by atoms with van der Waals surface area (Å²) in [5, 5.41) is 0.204. The lowest BCUT2D eigenvalue weighted by Crippen LogP contribution is -2.36. The van der Waals surface area contributed by atoms with Gasteiger partial charge >= 0.3 is 0 Å². The zero-order chi connectivity index (χ0) is 20.0. The highest BCUT2D eigenvalue weighted by Gasteiger charge is 2.49. The van der Waals surface area contributed by atoms with Gasteiger partial charge in [0, 0.05) is 38.4 Å². The molecule has 3 atom stereocenters. The molecule has 146 valence electrons. The highest BCUT2D eigenvalue weighted by molar-refractivity contribution is 6.33. The number of fused-ring (bicyclic) bond motifs is 1. The zero-order valence-electron chi connectivity index (χ0n) is 15.2. The van der Waals surface area contributed by atoms with E-state index < -0.39 is 5.82 Å². The third-order valence-electron chi connectivity index (χ3n) is 5.70. The quantitative estimate of drug-likeness (QED) is 0.761. The standard InChI is InChI=1S/C21H19ClF2N2O2/c1-12(27)26-10-14-9-25(21(28)17-8-16(24)5-6-19(17)22)11-18(14)20(26)13-3-2-4-15(23)7-13/h2-8,14,18,20H,9-11H2,1H3/t14-,18-,20-/m1/s1. The summed E-state index contributed by atoms with van der Waals surface area (Å²) >= 11 is 6.09. The van der Waals surface area contributed by atoms with Crippen molar-refractivity contribution in [1.29, 1.82) is 0 Å². The van der Waals surface area contributed by atoms with E-state index in [9.17, 15) is 18.4 Å². The van der Waals surface area contributed by atoms with Crippen molar-refractivity contribution in [3.63, 3.8) is 0 Å². The Balaban J connectivity index is 1.62. The molecule has 0 bridgehead atoms. The second-order valence-electron chi connectivity index (χ2n) is 7.43. The first kappa shape index (κ1) is 18.9. The van der Waals surface area contributed by atoms with Crippen LogP contribution < -0.4 is 0 Å². The SMILES string of the molecule is CC(=O)N1C[C@H]2CN(C(=O)c3cc(F)ccc3Cl)C[C@H]2[C@H]1c1cccc(F)c1. The van der Waals surface area contributed by atoms with Crippen LogP contribution in [0.1, 0.15) is 28.9 Å². The molecule has 2 amide bonds. The first-order chi connectivity index (χ1) is 13.3. The predicted octanol–water partition coefficient (Wildman–Crippen LogP) is 3.91. The fraction of sp³-hybridized carbons (Fsp3) is 0.333. The van der Waals surface area contributed by atoms with Gasteiger partial charge in [0.05, 0.1) is 16.6 Å². The second kappa shape index (κ2) is 7.17. The van der Waals surface area contributed by atoms with E-state index in [1.54, 1.807) is 21.9 Å². The van der Waals surface area contributed by atoms with Crippen LogP contribution in [0.3, 0.4) is 0 Å². The monoisotopic (exact) mass is 404 g/mol. The van der Waals surface area contributed by atoms with E-state index in [-0.39, 0.29) is 46.1 Å². The van der Waals surface area contributed by atoms with Crippen LogP contribution in [0.5, 0.6) is 0 Å². The van der Waals surface area contributed by atoms with Gasteiger partial charge in [-0.15, -0.1) is 0 Å². The van der Waals surface area contributed by atoms with Gasteiger partial charge in [0.25, 0.3) is 5.91 Å². The summed E-state index contributed by atoms with van der Waals surface area (Å²) in [5.74, 6) is -1.22. The van der Waals surface area contributed by atoms with Crippen LogP contribution in [0.25, 0.3) is 0 Å². The van der Waals surface area contributed by atoms with Gasteiger partial charge in [0.1, 0.15) is 11.6 Å². The van der Waals surface area contributed by atoms with Crippen molar-refractivity contribution < 1.29 is 18.4 Å². The van der Waals surface area contributed by atoms with E-state index in [0.29, 0.717) is 19.6 Å². The minimum Gasteiger partial charge on any atom is -0.338 e. The average molecular weight is 405 g/mol. The number of hydrogen-bond acceptors (Lipinski definition) is 2. The van der Waals surface area contributed by atoms with Crippen LogP contribution in [0.4, 0.5) is 8.78 Å². The second-order valence-corrected chi connectivity index (χ2v) is 7.84. The molecule has 0 spiro atoms. The first-order valence-corrected chi connectivity index (χ1v) is 9.50. The van der Waals surface area contributed by atoms with E-state index in [0.717, 1.165) is 11.6 Å². The van der Waals surface area contributed by atoms with Gasteiger partial charge in [-0.25, -0.2) is 8.78 Å². The summed E-state index contributed by atoms with van der Waals surface area (Å²) in [6, 6.07) is 9.67. The maximum Gasteiger partial charge on any atom is 0.255 e. The molecule has 2 aliphatic heterocycles. The predicted molar refractivity (Wildman–Crippen MR) is 101 cm³/mol. The molecule has 2 heterocycles. The third-order valence-corrected chi connectivity index (χ3v) is 6.03. The van der Waals surface area contributed by atoms with Crippen molar-refractivity contribution in [2.24, 2.45) is 11.8 Å². The molecule has 7 heteroatoms. The highest BCUT2D eigenvalue weighted by atomic mass is 35.5. The van der Waals surface area contributed by atoms with Crippen molar-refractivity contribution in [3.05, 3.63) is 70.2 Å². The molecule has 28 heavy (non-hydrogen) atoms. The Hall–Kier alpha value is -2.47. The Morgan fingerprint density at radius 2 is 1.79 bits per heavy atom. The normalized spacial score (nSPS) is 23.8. The van der Waals surface area contributed by atoms with Crippen molar-refractivity contribution in [1.82, 2.24) is 9.80 Å². The van der Waals surface area contributed by atoms with Gasteiger partial charge in [-0.2, -0.15) is 0 Å². The van der Waals surface area contributed by atoms with Crippen LogP contribution in [0.2, 0.25) is 5.02 Å². The maximum absolute atomic E-state index is 13.8. The number of benzene rings is 2. The molecule has 0 N–H and O–H groups in total. The van der Waals surface area contributed by atoms with Gasteiger partial charge in [-0.1, -0.05) is 23.7 Å². The van der Waals surface area contributed by atoms with Crippen molar-refractivity contribution in [2.75, 3.05) is 19.6 Å². The molecular weight excluding hydrogens is 386 g/mol. The summed E-state index contributed by atoms with van der Waals surface area (Å²) in [4.78, 5) is 28.5. The Kier molecular flexibility index (Phi) is 4.83. The van der Waals surface area contributed by atoms with Crippen molar-refractivity contribution in [3.8, 4) is 0 Å². The van der Waals surface area contributed by atoms with Gasteiger partial charge in [-0.05, 0) is 35.9 Å². The van der Waals surface area contributed by atoms with Crippen molar-refractivity contribution >= 4 is 23.4 Å². The molecule has 2 saturated heterocycles. The first-order valence-electron chi connectivity index (χ1n) is 9.12. The lowest BCUT2D eigenvalue weighted by atomic mass is 9.89. The number of carbonyl (C=O) groups is 2. The third kappa shape index (κ3) is 3.26. The molecule has 2 fully saturated rings. The topological polar surface area (TPSA) is 40.6 Å². The largest absolute Gasteiger partial charge is 0.338 e. The molecule has 0 unspecified atom stereocenters. The summed E-state index contributed by atoms with van der Waals surface area (Å²) < 4.78 is 27.4. The van der Waals surface area contributed by atoms with Gasteiger partial charge < -0.3 is 9.80 Å². The van der Waals surface area contributed by atoms with E-state index in [1.807, 2.05) is 0 Å². The lowest BCUT2D eigenvalue weighted by molar-refractivity contribution is -0.130. The van der Waals surface area contributed by atoms with E-state index in [4.69, 9.17) is 11.6 Å². The summed E-state index contributed by atoms with van der Waals surface area (Å²) in [5.41, 5.74) is 0.855. The number of likely N-dealkylation sites (tertiary alicyclic amines) is 2. The number of halogens is 3. The van der Waals surface area contributed by atoms with E-state index in [2.05, 4.69) is 0 Å². The molecular formula is C21H19ClF2N2O2. The minimum atomic E-state index is -0.521. The minimum absolute atomic E-state index is 0.0121. The number of carbonyl (C=O) groups excluding carboxylic acids is 2. The van der Waals surface area contributed by atoms with Crippen molar-refractivity contribution in [2.45, 2.75) is 13.0 Å². The molecule has 2 aromatic rings. The number of nitrogens with zero attached hydrogens (tertiary/aromatic N) is 2. The number of rotatable bonds is 2. The van der Waals surface area contributed by atoms with E-state index >= 15 is 0 Å². The fourth-order valence-corrected chi connectivity index (χ4v) is 4.68. The lowest BCUT2D eigenvalue weighted by Gasteiger charge is -2.29. The molecule has 4 nitrogen and oxygen atoms in total. The molecule has 0 aliphatic carbocycles. The Bertz CT molecular complexity index is 952. The average Bonchev–Trinajstić information content (AvgIpc) is 3.21. The smallest absolute Gasteiger partial charge is 0.255 e. The molecule has 0 saturated carbocycles. The Morgan fingerprint density at radius 1 is 1.04 bits per heavy atom. The van der Waals surface area contributed by atoms with E-state index in [1.165, 1.54) is 31.2 Å². The molecule has 2 aliphatic rings. The molecule has 0 radical (unpaired) electrons. The fourth-order valence-electron chi connectivity index (χ4n) is 4.48.